The summed E-state index contributed by atoms with van der Waals surface area (Å²) in [5, 5.41) is 11.6. The number of anilines is 1. The molecule has 0 saturated carbocycles. The summed E-state index contributed by atoms with van der Waals surface area (Å²) in [5.41, 5.74) is 0.864. The number of thioether (sulfide) groups is 1. The summed E-state index contributed by atoms with van der Waals surface area (Å²) in [7, 11) is 0. The Morgan fingerprint density at radius 1 is 1.30 bits per heavy atom. The first-order valence-corrected chi connectivity index (χ1v) is 11.8. The molecule has 0 radical (unpaired) electrons. The van der Waals surface area contributed by atoms with Gasteiger partial charge in [-0.25, -0.2) is 0 Å². The fourth-order valence-electron chi connectivity index (χ4n) is 3.43. The molecule has 1 fully saturated rings. The van der Waals surface area contributed by atoms with Gasteiger partial charge in [0.2, 0.25) is 5.91 Å². The van der Waals surface area contributed by atoms with Crippen molar-refractivity contribution in [2.24, 2.45) is 0 Å². The zero-order valence-electron chi connectivity index (χ0n) is 16.6. The first-order chi connectivity index (χ1) is 14.8. The maximum atomic E-state index is 13.0. The van der Waals surface area contributed by atoms with Crippen LogP contribution in [0.15, 0.2) is 65.7 Å². The van der Waals surface area contributed by atoms with Gasteiger partial charge in [0.05, 0.1) is 23.3 Å². The van der Waals surface area contributed by atoms with E-state index >= 15 is 0 Å². The number of thiophene rings is 1. The van der Waals surface area contributed by atoms with Gasteiger partial charge in [-0.15, -0.1) is 28.1 Å². The normalized spacial score (nSPS) is 15.9. The topological polar surface area (TPSA) is 60.2 Å². The van der Waals surface area contributed by atoms with Crippen LogP contribution in [0.2, 0.25) is 0 Å². The van der Waals surface area contributed by atoms with Gasteiger partial charge in [-0.3, -0.25) is 9.36 Å². The first kappa shape index (κ1) is 20.8. The molecule has 0 bridgehead atoms. The van der Waals surface area contributed by atoms with Crippen molar-refractivity contribution in [2.45, 2.75) is 30.6 Å². The van der Waals surface area contributed by atoms with Gasteiger partial charge in [-0.1, -0.05) is 42.1 Å². The van der Waals surface area contributed by atoms with Crippen LogP contribution in [0.25, 0.3) is 10.7 Å². The molecule has 1 atom stereocenters. The Morgan fingerprint density at radius 2 is 2.17 bits per heavy atom. The molecular formula is C22H24N4O2S2. The molecule has 1 aromatic carbocycles. The third kappa shape index (κ3) is 4.83. The molecular weight excluding hydrogens is 416 g/mol. The van der Waals surface area contributed by atoms with Crippen molar-refractivity contribution in [2.75, 3.05) is 23.8 Å². The molecule has 30 heavy (non-hydrogen) atoms. The predicted molar refractivity (Wildman–Crippen MR) is 122 cm³/mol. The fraction of sp³-hybridized carbons (Fsp3) is 0.318. The molecule has 156 valence electrons. The number of carbonyl (C=O) groups is 1. The monoisotopic (exact) mass is 440 g/mol. The van der Waals surface area contributed by atoms with E-state index in [0.717, 1.165) is 41.0 Å². The predicted octanol–water partition coefficient (Wildman–Crippen LogP) is 4.50. The maximum absolute atomic E-state index is 13.0. The number of hydrogen-bond donors (Lipinski definition) is 0. The summed E-state index contributed by atoms with van der Waals surface area (Å²) >= 11 is 3.05. The maximum Gasteiger partial charge on any atom is 0.237 e. The van der Waals surface area contributed by atoms with Gasteiger partial charge >= 0.3 is 0 Å². The van der Waals surface area contributed by atoms with Crippen molar-refractivity contribution in [3.8, 4) is 10.7 Å². The van der Waals surface area contributed by atoms with Crippen molar-refractivity contribution in [1.82, 2.24) is 14.8 Å². The molecule has 1 aliphatic heterocycles. The third-order valence-electron chi connectivity index (χ3n) is 4.87. The highest BCUT2D eigenvalue weighted by atomic mass is 32.2. The van der Waals surface area contributed by atoms with E-state index in [9.17, 15) is 4.79 Å². The highest BCUT2D eigenvalue weighted by molar-refractivity contribution is 7.99. The van der Waals surface area contributed by atoms with Crippen LogP contribution in [0.1, 0.15) is 12.8 Å². The minimum Gasteiger partial charge on any atom is -0.376 e. The number of para-hydroxylation sites is 1. The second-order valence-corrected chi connectivity index (χ2v) is 8.84. The summed E-state index contributed by atoms with van der Waals surface area (Å²) in [5.74, 6) is 1.12. The lowest BCUT2D eigenvalue weighted by molar-refractivity contribution is -0.116. The van der Waals surface area contributed by atoms with Crippen LogP contribution in [-0.4, -0.2) is 45.7 Å². The smallest absolute Gasteiger partial charge is 0.237 e. The lowest BCUT2D eigenvalue weighted by Crippen LogP contribution is -2.32. The SMILES string of the molecule is C=CCN(C(=O)CSc1nnc(-c2cccs2)n1CC1CCCO1)c1ccccc1. The first-order valence-electron chi connectivity index (χ1n) is 9.94. The summed E-state index contributed by atoms with van der Waals surface area (Å²) in [4.78, 5) is 15.8. The highest BCUT2D eigenvalue weighted by Gasteiger charge is 2.23. The van der Waals surface area contributed by atoms with Gasteiger partial charge in [0.1, 0.15) is 0 Å². The Morgan fingerprint density at radius 3 is 2.87 bits per heavy atom. The number of aromatic nitrogens is 3. The molecule has 3 aromatic rings. The summed E-state index contributed by atoms with van der Waals surface area (Å²) in [6, 6.07) is 13.7. The Labute approximate surface area is 184 Å². The molecule has 6 nitrogen and oxygen atoms in total. The number of amides is 1. The Bertz CT molecular complexity index is 966. The van der Waals surface area contributed by atoms with E-state index in [4.69, 9.17) is 4.74 Å². The molecule has 0 aliphatic carbocycles. The molecule has 3 heterocycles. The number of ether oxygens (including phenoxy) is 1. The third-order valence-corrected chi connectivity index (χ3v) is 6.69. The molecule has 2 aromatic heterocycles. The van der Waals surface area contributed by atoms with Gasteiger partial charge in [0.15, 0.2) is 11.0 Å². The van der Waals surface area contributed by atoms with Crippen molar-refractivity contribution in [3.63, 3.8) is 0 Å². The average molecular weight is 441 g/mol. The van der Waals surface area contributed by atoms with Crippen LogP contribution in [0.5, 0.6) is 0 Å². The van der Waals surface area contributed by atoms with E-state index in [1.807, 2.05) is 47.8 Å². The Hall–Kier alpha value is -2.42. The minimum atomic E-state index is 0.00967. The molecule has 1 saturated heterocycles. The van der Waals surface area contributed by atoms with Crippen LogP contribution in [0.3, 0.4) is 0 Å². The summed E-state index contributed by atoms with van der Waals surface area (Å²) < 4.78 is 7.94. The van der Waals surface area contributed by atoms with Crippen molar-refractivity contribution >= 4 is 34.7 Å². The van der Waals surface area contributed by atoms with E-state index in [2.05, 4.69) is 21.3 Å². The zero-order chi connectivity index (χ0) is 20.8. The van der Waals surface area contributed by atoms with Gasteiger partial charge in [0.25, 0.3) is 0 Å². The summed E-state index contributed by atoms with van der Waals surface area (Å²) in [6.45, 7) is 5.76. The fourth-order valence-corrected chi connectivity index (χ4v) is 4.97. The number of benzene rings is 1. The number of nitrogens with zero attached hydrogens (tertiary/aromatic N) is 4. The van der Waals surface area contributed by atoms with Crippen LogP contribution >= 0.6 is 23.1 Å². The zero-order valence-corrected chi connectivity index (χ0v) is 18.3. The van der Waals surface area contributed by atoms with Crippen molar-refractivity contribution in [3.05, 3.63) is 60.5 Å². The van der Waals surface area contributed by atoms with Crippen LogP contribution < -0.4 is 4.90 Å². The van der Waals surface area contributed by atoms with Crippen LogP contribution in [0.4, 0.5) is 5.69 Å². The van der Waals surface area contributed by atoms with E-state index < -0.39 is 0 Å². The van der Waals surface area contributed by atoms with E-state index in [0.29, 0.717) is 13.1 Å². The number of rotatable bonds is 9. The van der Waals surface area contributed by atoms with Crippen LogP contribution in [-0.2, 0) is 16.1 Å². The van der Waals surface area contributed by atoms with Gasteiger partial charge in [-0.05, 0) is 36.4 Å². The molecule has 0 spiro atoms. The lowest BCUT2D eigenvalue weighted by atomic mass is 10.2. The van der Waals surface area contributed by atoms with Gasteiger partial charge in [0, 0.05) is 18.8 Å². The summed E-state index contributed by atoms with van der Waals surface area (Å²) in [6.07, 6.45) is 4.02. The standard InChI is InChI=1S/C22H24N4O2S2/c1-2-12-25(17-8-4-3-5-9-17)20(27)16-30-22-24-23-21(19-11-7-14-29-19)26(22)15-18-10-6-13-28-18/h2-5,7-9,11,14,18H,1,6,10,12-13,15-16H2. The highest BCUT2D eigenvalue weighted by Crippen LogP contribution is 2.29. The molecule has 8 heteroatoms. The average Bonchev–Trinajstić information content (AvgIpc) is 3.53. The van der Waals surface area contributed by atoms with Crippen molar-refractivity contribution in [1.29, 1.82) is 0 Å². The largest absolute Gasteiger partial charge is 0.376 e. The number of hydrogen-bond acceptors (Lipinski definition) is 6. The Kier molecular flexibility index (Phi) is 6.99. The second-order valence-electron chi connectivity index (χ2n) is 6.95. The Balaban J connectivity index is 1.52. The molecule has 1 unspecified atom stereocenters. The molecule has 1 amide bonds. The number of carbonyl (C=O) groups excluding carboxylic acids is 1. The molecule has 1 aliphatic rings. The van der Waals surface area contributed by atoms with Gasteiger partial charge in [-0.2, -0.15) is 0 Å². The van der Waals surface area contributed by atoms with Crippen molar-refractivity contribution < 1.29 is 9.53 Å². The lowest BCUT2D eigenvalue weighted by Gasteiger charge is -2.21. The van der Waals surface area contributed by atoms with E-state index in [1.165, 1.54) is 11.8 Å². The molecule has 0 N–H and O–H groups in total. The van der Waals surface area contributed by atoms with E-state index in [1.54, 1.807) is 22.3 Å². The minimum absolute atomic E-state index is 0.00967. The second kappa shape index (κ2) is 10.1. The van der Waals surface area contributed by atoms with Gasteiger partial charge < -0.3 is 9.64 Å². The quantitative estimate of drug-likeness (QED) is 0.362. The van der Waals surface area contributed by atoms with Crippen LogP contribution in [0, 0.1) is 0 Å². The molecule has 4 rings (SSSR count). The van der Waals surface area contributed by atoms with E-state index in [-0.39, 0.29) is 17.8 Å².